The maximum Gasteiger partial charge on any atom is 0.0935 e. The highest BCUT2D eigenvalue weighted by Gasteiger charge is 2.24. The molecule has 0 saturated carbocycles. The molecule has 1 aliphatic heterocycles. The summed E-state index contributed by atoms with van der Waals surface area (Å²) in [6.45, 7) is 3.24. The van der Waals surface area contributed by atoms with Gasteiger partial charge in [0, 0.05) is 32.1 Å². The van der Waals surface area contributed by atoms with E-state index in [1.807, 2.05) is 6.07 Å². The predicted molar refractivity (Wildman–Crippen MR) is 67.0 cm³/mol. The molecule has 0 aliphatic carbocycles. The second-order valence-corrected chi connectivity index (χ2v) is 5.12. The Hall–Kier alpha value is -0.840. The van der Waals surface area contributed by atoms with Gasteiger partial charge in [0.1, 0.15) is 0 Å². The highest BCUT2D eigenvalue weighted by Crippen LogP contribution is 2.14. The number of piperazine rings is 1. The lowest BCUT2D eigenvalue weighted by Crippen LogP contribution is -2.51. The monoisotopic (exact) mass is 238 g/mol. The zero-order valence-electron chi connectivity index (χ0n) is 10.7. The average molecular weight is 238 g/mol. The number of aliphatic hydroxyl groups excluding tert-OH is 1. The minimum atomic E-state index is -0.286. The fraction of sp³-hybridized carbons (Fsp3) is 0.692. The van der Waals surface area contributed by atoms with Crippen LogP contribution in [0.15, 0.2) is 23.0 Å². The summed E-state index contributed by atoms with van der Waals surface area (Å²) in [5, 5.41) is 10.1. The maximum atomic E-state index is 10.1. The van der Waals surface area contributed by atoms with Gasteiger partial charge in [0.05, 0.1) is 18.6 Å². The van der Waals surface area contributed by atoms with Crippen molar-refractivity contribution in [1.82, 2.24) is 9.80 Å². The number of rotatable bonds is 4. The van der Waals surface area contributed by atoms with Gasteiger partial charge in [-0.05, 0) is 32.1 Å². The number of hydrogen-bond donors (Lipinski definition) is 1. The SMILES string of the molecule is CN1CCN(C)C(CC(O)Cc2ccoc2)C1. The van der Waals surface area contributed by atoms with E-state index in [-0.39, 0.29) is 6.10 Å². The average Bonchev–Trinajstić information content (AvgIpc) is 2.76. The molecule has 1 saturated heterocycles. The van der Waals surface area contributed by atoms with Gasteiger partial charge >= 0.3 is 0 Å². The Morgan fingerprint density at radius 3 is 3.00 bits per heavy atom. The zero-order valence-corrected chi connectivity index (χ0v) is 10.7. The Bertz CT molecular complexity index is 326. The summed E-state index contributed by atoms with van der Waals surface area (Å²) in [6, 6.07) is 2.37. The topological polar surface area (TPSA) is 39.9 Å². The number of nitrogens with zero attached hydrogens (tertiary/aromatic N) is 2. The summed E-state index contributed by atoms with van der Waals surface area (Å²) in [5.41, 5.74) is 1.07. The first-order valence-corrected chi connectivity index (χ1v) is 6.23. The third-order valence-corrected chi connectivity index (χ3v) is 3.58. The van der Waals surface area contributed by atoms with Crippen LogP contribution in [0.3, 0.4) is 0 Å². The van der Waals surface area contributed by atoms with Crippen molar-refractivity contribution in [1.29, 1.82) is 0 Å². The van der Waals surface area contributed by atoms with Gasteiger partial charge in [-0.1, -0.05) is 0 Å². The summed E-state index contributed by atoms with van der Waals surface area (Å²) in [7, 11) is 4.28. The molecule has 0 bridgehead atoms. The van der Waals surface area contributed by atoms with Crippen LogP contribution in [0, 0.1) is 0 Å². The molecule has 1 fully saturated rings. The first kappa shape index (κ1) is 12.6. The molecule has 1 N–H and O–H groups in total. The first-order valence-electron chi connectivity index (χ1n) is 6.23. The first-order chi connectivity index (χ1) is 8.15. The normalized spacial score (nSPS) is 25.0. The number of aliphatic hydroxyl groups is 1. The summed E-state index contributed by atoms with van der Waals surface area (Å²) in [5.74, 6) is 0. The number of likely N-dealkylation sites (N-methyl/N-ethyl adjacent to an activating group) is 2. The lowest BCUT2D eigenvalue weighted by molar-refractivity contribution is 0.0638. The smallest absolute Gasteiger partial charge is 0.0935 e. The Morgan fingerprint density at radius 2 is 2.29 bits per heavy atom. The molecule has 0 spiro atoms. The molecule has 1 aromatic heterocycles. The van der Waals surface area contributed by atoms with E-state index in [1.54, 1.807) is 12.5 Å². The summed E-state index contributed by atoms with van der Waals surface area (Å²) < 4.78 is 5.01. The quantitative estimate of drug-likeness (QED) is 0.843. The van der Waals surface area contributed by atoms with Gasteiger partial charge < -0.3 is 19.3 Å². The van der Waals surface area contributed by atoms with Crippen molar-refractivity contribution in [3.63, 3.8) is 0 Å². The molecule has 1 aliphatic rings. The molecule has 2 rings (SSSR count). The van der Waals surface area contributed by atoms with Gasteiger partial charge in [0.25, 0.3) is 0 Å². The highest BCUT2D eigenvalue weighted by molar-refractivity contribution is 5.06. The molecule has 4 nitrogen and oxygen atoms in total. The zero-order chi connectivity index (χ0) is 12.3. The molecule has 0 aromatic carbocycles. The summed E-state index contributed by atoms with van der Waals surface area (Å²) >= 11 is 0. The summed E-state index contributed by atoms with van der Waals surface area (Å²) in [6.07, 6.45) is 4.59. The van der Waals surface area contributed by atoms with Crippen molar-refractivity contribution < 1.29 is 9.52 Å². The lowest BCUT2D eigenvalue weighted by Gasteiger charge is -2.38. The molecule has 4 heteroatoms. The van der Waals surface area contributed by atoms with Crippen LogP contribution in [-0.2, 0) is 6.42 Å². The van der Waals surface area contributed by atoms with E-state index in [9.17, 15) is 5.11 Å². The second-order valence-electron chi connectivity index (χ2n) is 5.12. The molecule has 0 amide bonds. The lowest BCUT2D eigenvalue weighted by atomic mass is 10.0. The van der Waals surface area contributed by atoms with Crippen LogP contribution in [0.2, 0.25) is 0 Å². The van der Waals surface area contributed by atoms with E-state index < -0.39 is 0 Å². The van der Waals surface area contributed by atoms with Crippen LogP contribution < -0.4 is 0 Å². The van der Waals surface area contributed by atoms with Gasteiger partial charge in [-0.15, -0.1) is 0 Å². The molecule has 17 heavy (non-hydrogen) atoms. The van der Waals surface area contributed by atoms with Crippen LogP contribution in [0.5, 0.6) is 0 Å². The third-order valence-electron chi connectivity index (χ3n) is 3.58. The fourth-order valence-corrected chi connectivity index (χ4v) is 2.43. The van der Waals surface area contributed by atoms with Crippen LogP contribution in [0.1, 0.15) is 12.0 Å². The van der Waals surface area contributed by atoms with E-state index in [0.29, 0.717) is 12.5 Å². The van der Waals surface area contributed by atoms with E-state index in [0.717, 1.165) is 31.6 Å². The Morgan fingerprint density at radius 1 is 1.47 bits per heavy atom. The number of furan rings is 1. The molecular weight excluding hydrogens is 216 g/mol. The highest BCUT2D eigenvalue weighted by atomic mass is 16.3. The molecule has 0 radical (unpaired) electrons. The minimum Gasteiger partial charge on any atom is -0.472 e. The van der Waals surface area contributed by atoms with E-state index in [2.05, 4.69) is 23.9 Å². The van der Waals surface area contributed by atoms with Crippen LogP contribution in [0.4, 0.5) is 0 Å². The molecular formula is C13H22N2O2. The Kier molecular flexibility index (Phi) is 4.20. The van der Waals surface area contributed by atoms with Crippen LogP contribution >= 0.6 is 0 Å². The van der Waals surface area contributed by atoms with Crippen LogP contribution in [0.25, 0.3) is 0 Å². The van der Waals surface area contributed by atoms with Crippen molar-refractivity contribution in [2.24, 2.45) is 0 Å². The van der Waals surface area contributed by atoms with Gasteiger partial charge in [-0.25, -0.2) is 0 Å². The molecule has 96 valence electrons. The minimum absolute atomic E-state index is 0.286. The van der Waals surface area contributed by atoms with Crippen molar-refractivity contribution in [2.45, 2.75) is 25.0 Å². The summed E-state index contributed by atoms with van der Waals surface area (Å²) in [4.78, 5) is 4.67. The van der Waals surface area contributed by atoms with Crippen molar-refractivity contribution in [3.8, 4) is 0 Å². The fourth-order valence-electron chi connectivity index (χ4n) is 2.43. The standard InChI is InChI=1S/C13H22N2O2/c1-14-4-5-15(2)12(9-14)8-13(16)7-11-3-6-17-10-11/h3,6,10,12-13,16H,4-5,7-9H2,1-2H3. The van der Waals surface area contributed by atoms with Gasteiger partial charge in [0.2, 0.25) is 0 Å². The van der Waals surface area contributed by atoms with Gasteiger partial charge in [-0.3, -0.25) is 0 Å². The molecule has 2 heterocycles. The van der Waals surface area contributed by atoms with E-state index in [1.165, 1.54) is 0 Å². The van der Waals surface area contributed by atoms with E-state index >= 15 is 0 Å². The largest absolute Gasteiger partial charge is 0.472 e. The van der Waals surface area contributed by atoms with Gasteiger partial charge in [-0.2, -0.15) is 0 Å². The van der Waals surface area contributed by atoms with Crippen LogP contribution in [-0.4, -0.2) is 60.8 Å². The van der Waals surface area contributed by atoms with Crippen molar-refractivity contribution in [3.05, 3.63) is 24.2 Å². The van der Waals surface area contributed by atoms with Crippen molar-refractivity contribution >= 4 is 0 Å². The molecule has 2 unspecified atom stereocenters. The second kappa shape index (κ2) is 5.67. The Balaban J connectivity index is 1.82. The Labute approximate surface area is 103 Å². The van der Waals surface area contributed by atoms with Crippen molar-refractivity contribution in [2.75, 3.05) is 33.7 Å². The number of hydrogen-bond acceptors (Lipinski definition) is 4. The molecule has 1 aromatic rings. The van der Waals surface area contributed by atoms with Gasteiger partial charge in [0.15, 0.2) is 0 Å². The maximum absolute atomic E-state index is 10.1. The van der Waals surface area contributed by atoms with E-state index in [4.69, 9.17) is 4.42 Å². The molecule has 2 atom stereocenters. The third kappa shape index (κ3) is 3.56. The predicted octanol–water partition coefficient (Wildman–Crippen LogP) is 0.819.